The summed E-state index contributed by atoms with van der Waals surface area (Å²) in [5.74, 6) is 1.37. The van der Waals surface area contributed by atoms with Gasteiger partial charge in [-0.05, 0) is 43.5 Å². The molecule has 21 heavy (non-hydrogen) atoms. The van der Waals surface area contributed by atoms with Crippen molar-refractivity contribution in [1.82, 2.24) is 15.0 Å². The minimum Gasteiger partial charge on any atom is -0.438 e. The molecule has 0 unspecified atom stereocenters. The van der Waals surface area contributed by atoms with E-state index in [-0.39, 0.29) is 0 Å². The highest BCUT2D eigenvalue weighted by molar-refractivity contribution is 5.93. The predicted octanol–water partition coefficient (Wildman–Crippen LogP) is 2.89. The summed E-state index contributed by atoms with van der Waals surface area (Å²) in [5, 5.41) is 0.892. The Hall–Kier alpha value is -2.69. The summed E-state index contributed by atoms with van der Waals surface area (Å²) < 4.78 is 6.04. The van der Waals surface area contributed by atoms with Gasteiger partial charge >= 0.3 is 0 Å². The first kappa shape index (κ1) is 12.1. The second-order valence-electron chi connectivity index (χ2n) is 5.11. The average Bonchev–Trinajstić information content (AvgIpc) is 3.00. The number of nitrogen functional groups attached to an aromatic ring is 1. The number of hydrogen-bond acceptors (Lipinski definition) is 5. The summed E-state index contributed by atoms with van der Waals surface area (Å²) in [6.07, 6.45) is 6.37. The van der Waals surface area contributed by atoms with Crippen LogP contribution in [0.3, 0.4) is 0 Å². The van der Waals surface area contributed by atoms with Crippen molar-refractivity contribution in [2.75, 3.05) is 5.73 Å². The quantitative estimate of drug-likeness (QED) is 0.729. The smallest absolute Gasteiger partial charge is 0.225 e. The van der Waals surface area contributed by atoms with Crippen LogP contribution in [0.4, 0.5) is 5.69 Å². The highest BCUT2D eigenvalue weighted by Crippen LogP contribution is 2.34. The summed E-state index contributed by atoms with van der Waals surface area (Å²) in [4.78, 5) is 12.9. The van der Waals surface area contributed by atoms with Crippen molar-refractivity contribution in [3.8, 4) is 11.6 Å². The molecular formula is C16H14N4O. The number of ether oxygens (including phenoxy) is 1. The van der Waals surface area contributed by atoms with Crippen molar-refractivity contribution >= 4 is 16.6 Å². The Balaban J connectivity index is 1.82. The van der Waals surface area contributed by atoms with Gasteiger partial charge in [-0.3, -0.25) is 4.98 Å². The lowest BCUT2D eigenvalue weighted by molar-refractivity contribution is 0.460. The summed E-state index contributed by atoms with van der Waals surface area (Å²) >= 11 is 0. The van der Waals surface area contributed by atoms with Crippen LogP contribution in [-0.2, 0) is 12.8 Å². The molecule has 0 aliphatic heterocycles. The molecule has 2 heterocycles. The van der Waals surface area contributed by atoms with Crippen LogP contribution in [-0.4, -0.2) is 15.0 Å². The molecule has 0 bridgehead atoms. The monoisotopic (exact) mass is 278 g/mol. The summed E-state index contributed by atoms with van der Waals surface area (Å²) in [5.41, 5.74) is 9.57. The van der Waals surface area contributed by atoms with Gasteiger partial charge in [0.1, 0.15) is 12.1 Å². The van der Waals surface area contributed by atoms with Gasteiger partial charge in [0.25, 0.3) is 0 Å². The Morgan fingerprint density at radius 2 is 2.00 bits per heavy atom. The Kier molecular flexibility index (Phi) is 2.70. The number of nitrogens with zero attached hydrogens (tertiary/aromatic N) is 3. The number of fused-ring (bicyclic) bond motifs is 2. The van der Waals surface area contributed by atoms with E-state index in [9.17, 15) is 0 Å². The first-order valence-electron chi connectivity index (χ1n) is 6.97. The number of anilines is 1. The zero-order valence-corrected chi connectivity index (χ0v) is 11.4. The fraction of sp³-hybridized carbons (Fsp3) is 0.188. The van der Waals surface area contributed by atoms with Crippen molar-refractivity contribution < 1.29 is 4.74 Å². The third kappa shape index (κ3) is 1.98. The number of aryl methyl sites for hydroxylation is 1. The van der Waals surface area contributed by atoms with Crippen LogP contribution in [0.2, 0.25) is 0 Å². The van der Waals surface area contributed by atoms with E-state index in [4.69, 9.17) is 10.5 Å². The van der Waals surface area contributed by atoms with Crippen molar-refractivity contribution in [1.29, 1.82) is 0 Å². The van der Waals surface area contributed by atoms with E-state index in [2.05, 4.69) is 15.0 Å². The maximum atomic E-state index is 6.04. The molecule has 0 saturated heterocycles. The van der Waals surface area contributed by atoms with Gasteiger partial charge in [0, 0.05) is 17.1 Å². The van der Waals surface area contributed by atoms with Crippen LogP contribution in [0.15, 0.2) is 36.8 Å². The number of benzene rings is 1. The lowest BCUT2D eigenvalue weighted by Gasteiger charge is -2.11. The van der Waals surface area contributed by atoms with Gasteiger partial charge in [-0.25, -0.2) is 9.97 Å². The van der Waals surface area contributed by atoms with Crippen LogP contribution in [0, 0.1) is 0 Å². The zero-order valence-electron chi connectivity index (χ0n) is 11.4. The Morgan fingerprint density at radius 3 is 2.95 bits per heavy atom. The maximum absolute atomic E-state index is 6.04. The lowest BCUT2D eigenvalue weighted by atomic mass is 10.1. The minimum atomic E-state index is 0.644. The van der Waals surface area contributed by atoms with Crippen LogP contribution >= 0.6 is 0 Å². The zero-order chi connectivity index (χ0) is 14.2. The Morgan fingerprint density at radius 1 is 1.05 bits per heavy atom. The highest BCUT2D eigenvalue weighted by atomic mass is 16.5. The predicted molar refractivity (Wildman–Crippen MR) is 80.3 cm³/mol. The molecule has 0 atom stereocenters. The molecule has 2 aromatic heterocycles. The van der Waals surface area contributed by atoms with E-state index in [0.717, 1.165) is 47.2 Å². The van der Waals surface area contributed by atoms with E-state index < -0.39 is 0 Å². The van der Waals surface area contributed by atoms with Gasteiger partial charge in [-0.2, -0.15) is 0 Å². The summed E-state index contributed by atoms with van der Waals surface area (Å²) in [7, 11) is 0. The van der Waals surface area contributed by atoms with Crippen LogP contribution in [0.5, 0.6) is 11.6 Å². The Labute approximate surface area is 121 Å². The van der Waals surface area contributed by atoms with Gasteiger partial charge in [0.2, 0.25) is 5.88 Å². The molecule has 0 fully saturated rings. The summed E-state index contributed by atoms with van der Waals surface area (Å²) in [6.45, 7) is 0. The number of aromatic nitrogens is 3. The Bertz CT molecular complexity index is 832. The molecular weight excluding hydrogens is 264 g/mol. The lowest BCUT2D eigenvalue weighted by Crippen LogP contribution is -1.98. The van der Waals surface area contributed by atoms with E-state index in [1.807, 2.05) is 24.3 Å². The third-order valence-electron chi connectivity index (χ3n) is 3.80. The van der Waals surface area contributed by atoms with E-state index in [1.165, 1.54) is 0 Å². The molecule has 0 radical (unpaired) electrons. The SMILES string of the molecule is Nc1ccc(Oc2ncnc3c2CCC3)c2cccnc12. The molecule has 0 amide bonds. The van der Waals surface area contributed by atoms with Gasteiger partial charge in [-0.1, -0.05) is 0 Å². The van der Waals surface area contributed by atoms with Crippen molar-refractivity contribution in [2.24, 2.45) is 0 Å². The van der Waals surface area contributed by atoms with E-state index in [0.29, 0.717) is 11.6 Å². The fourth-order valence-electron chi connectivity index (χ4n) is 2.78. The second-order valence-corrected chi connectivity index (χ2v) is 5.11. The molecule has 1 aromatic carbocycles. The highest BCUT2D eigenvalue weighted by Gasteiger charge is 2.19. The average molecular weight is 278 g/mol. The van der Waals surface area contributed by atoms with Gasteiger partial charge in [0.15, 0.2) is 0 Å². The number of nitrogens with two attached hydrogens (primary N) is 1. The molecule has 5 nitrogen and oxygen atoms in total. The molecule has 1 aliphatic rings. The number of hydrogen-bond donors (Lipinski definition) is 1. The van der Waals surface area contributed by atoms with Crippen molar-refractivity contribution in [2.45, 2.75) is 19.3 Å². The molecule has 0 spiro atoms. The molecule has 104 valence electrons. The standard InChI is InChI=1S/C16H14N4O/c17-12-6-7-14(11-4-2-8-18-15(11)12)21-16-10-3-1-5-13(10)19-9-20-16/h2,4,6-9H,1,3,5,17H2. The van der Waals surface area contributed by atoms with Crippen LogP contribution < -0.4 is 10.5 Å². The van der Waals surface area contributed by atoms with Crippen LogP contribution in [0.1, 0.15) is 17.7 Å². The van der Waals surface area contributed by atoms with Gasteiger partial charge in [0.05, 0.1) is 16.9 Å². The molecule has 0 saturated carbocycles. The fourth-order valence-corrected chi connectivity index (χ4v) is 2.78. The van der Waals surface area contributed by atoms with Gasteiger partial charge in [-0.15, -0.1) is 0 Å². The number of rotatable bonds is 2. The van der Waals surface area contributed by atoms with Crippen LogP contribution in [0.25, 0.3) is 10.9 Å². The molecule has 5 heteroatoms. The number of pyridine rings is 1. The van der Waals surface area contributed by atoms with E-state index >= 15 is 0 Å². The van der Waals surface area contributed by atoms with Crippen molar-refractivity contribution in [3.05, 3.63) is 48.0 Å². The molecule has 1 aliphatic carbocycles. The third-order valence-corrected chi connectivity index (χ3v) is 3.80. The largest absolute Gasteiger partial charge is 0.438 e. The second kappa shape index (κ2) is 4.70. The van der Waals surface area contributed by atoms with E-state index in [1.54, 1.807) is 12.5 Å². The first-order chi connectivity index (χ1) is 10.3. The minimum absolute atomic E-state index is 0.644. The molecule has 3 aromatic rings. The van der Waals surface area contributed by atoms with Gasteiger partial charge < -0.3 is 10.5 Å². The maximum Gasteiger partial charge on any atom is 0.225 e. The van der Waals surface area contributed by atoms with Crippen molar-refractivity contribution in [3.63, 3.8) is 0 Å². The first-order valence-corrected chi connectivity index (χ1v) is 6.97. The molecule has 4 rings (SSSR count). The topological polar surface area (TPSA) is 73.9 Å². The summed E-state index contributed by atoms with van der Waals surface area (Å²) in [6, 6.07) is 7.50. The molecule has 2 N–H and O–H groups in total. The normalized spacial score (nSPS) is 13.3.